The van der Waals surface area contributed by atoms with E-state index < -0.39 is 0 Å². The van der Waals surface area contributed by atoms with Gasteiger partial charge in [-0.05, 0) is 88.6 Å². The zero-order chi connectivity index (χ0) is 36.0. The summed E-state index contributed by atoms with van der Waals surface area (Å²) in [6.07, 6.45) is 0. The molecule has 0 radical (unpaired) electrons. The largest absolute Gasteiger partial charge is 0.309 e. The minimum atomic E-state index is 1.14. The van der Waals surface area contributed by atoms with Crippen LogP contribution in [-0.4, -0.2) is 13.7 Å². The normalized spacial score (nSPS) is 12.0. The summed E-state index contributed by atoms with van der Waals surface area (Å²) in [6, 6.07) is 73.2. The molecular formula is C52H33N3. The molecule has 3 aromatic heterocycles. The predicted molar refractivity (Wildman–Crippen MR) is 232 cm³/mol. The molecule has 3 nitrogen and oxygen atoms in total. The molecule has 0 fully saturated rings. The van der Waals surface area contributed by atoms with Gasteiger partial charge in [0.25, 0.3) is 0 Å². The molecule has 9 aromatic carbocycles. The quantitative estimate of drug-likeness (QED) is 0.174. The van der Waals surface area contributed by atoms with Crippen molar-refractivity contribution in [2.75, 3.05) is 0 Å². The molecule has 0 saturated carbocycles. The summed E-state index contributed by atoms with van der Waals surface area (Å²) in [5.41, 5.74) is 13.1. The van der Waals surface area contributed by atoms with Crippen molar-refractivity contribution in [1.29, 1.82) is 0 Å². The van der Waals surface area contributed by atoms with Gasteiger partial charge in [-0.25, -0.2) is 0 Å². The Labute approximate surface area is 317 Å². The number of rotatable bonds is 4. The number of aromatic nitrogens is 3. The predicted octanol–water partition coefficient (Wildman–Crippen LogP) is 13.8. The van der Waals surface area contributed by atoms with E-state index in [0.29, 0.717) is 0 Å². The molecule has 0 aliphatic rings. The first-order valence-corrected chi connectivity index (χ1v) is 18.9. The SMILES string of the molecule is c1ccc(-n2c3ccccc3c3c(-c4cccc(-n5c6ccccc6c6ccc7c(c8ccccc8n7-c7ccc8ccccc8c7)c65)c4)cccc32)cc1. The molecule has 0 bridgehead atoms. The fraction of sp³-hybridized carbons (Fsp3) is 0. The van der Waals surface area contributed by atoms with E-state index in [1.165, 1.54) is 87.3 Å². The molecule has 0 unspecified atom stereocenters. The van der Waals surface area contributed by atoms with Crippen molar-refractivity contribution < 1.29 is 0 Å². The monoisotopic (exact) mass is 699 g/mol. The Morgan fingerprint density at radius 1 is 0.273 bits per heavy atom. The van der Waals surface area contributed by atoms with Crippen LogP contribution in [-0.2, 0) is 0 Å². The highest BCUT2D eigenvalue weighted by atomic mass is 15.0. The van der Waals surface area contributed by atoms with Gasteiger partial charge in [-0.2, -0.15) is 0 Å². The lowest BCUT2D eigenvalue weighted by atomic mass is 9.99. The maximum atomic E-state index is 2.50. The maximum absolute atomic E-state index is 2.50. The van der Waals surface area contributed by atoms with E-state index in [-0.39, 0.29) is 0 Å². The van der Waals surface area contributed by atoms with Crippen LogP contribution >= 0.6 is 0 Å². The Hall–Kier alpha value is -7.36. The van der Waals surface area contributed by atoms with Gasteiger partial charge in [0, 0.05) is 49.4 Å². The van der Waals surface area contributed by atoms with Crippen LogP contribution < -0.4 is 0 Å². The fourth-order valence-electron chi connectivity index (χ4n) is 9.30. The van der Waals surface area contributed by atoms with E-state index in [1.54, 1.807) is 0 Å². The van der Waals surface area contributed by atoms with Crippen LogP contribution in [0, 0.1) is 0 Å². The van der Waals surface area contributed by atoms with E-state index in [2.05, 4.69) is 214 Å². The van der Waals surface area contributed by atoms with Crippen molar-refractivity contribution in [2.45, 2.75) is 0 Å². The third kappa shape index (κ3) is 4.32. The maximum Gasteiger partial charge on any atom is 0.0641 e. The molecule has 256 valence electrons. The number of nitrogens with zero attached hydrogens (tertiary/aromatic N) is 3. The topological polar surface area (TPSA) is 14.8 Å². The Morgan fingerprint density at radius 2 is 0.836 bits per heavy atom. The van der Waals surface area contributed by atoms with Crippen LogP contribution in [0.4, 0.5) is 0 Å². The first-order chi connectivity index (χ1) is 27.3. The van der Waals surface area contributed by atoms with Crippen LogP contribution in [0.3, 0.4) is 0 Å². The summed E-state index contributed by atoms with van der Waals surface area (Å²) in [6.45, 7) is 0. The fourth-order valence-corrected chi connectivity index (χ4v) is 9.30. The van der Waals surface area contributed by atoms with E-state index in [1.807, 2.05) is 0 Å². The third-order valence-corrected chi connectivity index (χ3v) is 11.6. The van der Waals surface area contributed by atoms with Gasteiger partial charge >= 0.3 is 0 Å². The van der Waals surface area contributed by atoms with Crippen molar-refractivity contribution in [3.63, 3.8) is 0 Å². The first-order valence-electron chi connectivity index (χ1n) is 18.9. The molecule has 12 aromatic rings. The number of hydrogen-bond acceptors (Lipinski definition) is 0. The van der Waals surface area contributed by atoms with Gasteiger partial charge in [0.2, 0.25) is 0 Å². The first kappa shape index (κ1) is 30.1. The van der Waals surface area contributed by atoms with Crippen molar-refractivity contribution in [3.05, 3.63) is 200 Å². The molecule has 0 atom stereocenters. The van der Waals surface area contributed by atoms with Crippen LogP contribution in [0.2, 0.25) is 0 Å². The van der Waals surface area contributed by atoms with Gasteiger partial charge in [-0.15, -0.1) is 0 Å². The van der Waals surface area contributed by atoms with Crippen LogP contribution in [0.15, 0.2) is 200 Å². The zero-order valence-electron chi connectivity index (χ0n) is 29.9. The van der Waals surface area contributed by atoms with Crippen molar-refractivity contribution in [2.24, 2.45) is 0 Å². The molecule has 55 heavy (non-hydrogen) atoms. The van der Waals surface area contributed by atoms with Gasteiger partial charge in [0.1, 0.15) is 0 Å². The highest BCUT2D eigenvalue weighted by molar-refractivity contribution is 6.26. The third-order valence-electron chi connectivity index (χ3n) is 11.6. The lowest BCUT2D eigenvalue weighted by molar-refractivity contribution is 1.18. The number of fused-ring (bicyclic) bond motifs is 11. The average Bonchev–Trinajstić information content (AvgIpc) is 3.90. The molecule has 0 spiro atoms. The minimum absolute atomic E-state index is 1.14. The van der Waals surface area contributed by atoms with Crippen LogP contribution in [0.25, 0.3) is 104 Å². The Balaban J connectivity index is 1.15. The molecule has 3 heteroatoms. The molecule has 0 amide bonds. The highest BCUT2D eigenvalue weighted by Gasteiger charge is 2.22. The standard InChI is InChI=1S/C52H33N3/c1-2-17-37(18-3-1)53-46-25-10-7-21-43(46)50-40(23-13-27-48(50)53)36-16-12-19-38(33-36)55-45-24-9-6-20-41(45)42-30-31-49-51(52(42)55)44-22-8-11-26-47(44)54(49)39-29-28-34-14-4-5-15-35(34)32-39/h1-33H. The van der Waals surface area contributed by atoms with Gasteiger partial charge in [-0.3, -0.25) is 0 Å². The van der Waals surface area contributed by atoms with Crippen molar-refractivity contribution in [1.82, 2.24) is 13.7 Å². The van der Waals surface area contributed by atoms with E-state index in [0.717, 1.165) is 17.1 Å². The van der Waals surface area contributed by atoms with Crippen LogP contribution in [0.5, 0.6) is 0 Å². The molecule has 3 heterocycles. The van der Waals surface area contributed by atoms with E-state index >= 15 is 0 Å². The van der Waals surface area contributed by atoms with E-state index in [4.69, 9.17) is 0 Å². The molecule has 0 aliphatic carbocycles. The van der Waals surface area contributed by atoms with E-state index in [9.17, 15) is 0 Å². The Morgan fingerprint density at radius 3 is 1.64 bits per heavy atom. The summed E-state index contributed by atoms with van der Waals surface area (Å²) < 4.78 is 7.34. The highest BCUT2D eigenvalue weighted by Crippen LogP contribution is 2.44. The minimum Gasteiger partial charge on any atom is -0.309 e. The summed E-state index contributed by atoms with van der Waals surface area (Å²) in [4.78, 5) is 0. The van der Waals surface area contributed by atoms with Gasteiger partial charge in [-0.1, -0.05) is 133 Å². The second-order valence-corrected chi connectivity index (χ2v) is 14.5. The molecule has 12 rings (SSSR count). The van der Waals surface area contributed by atoms with Crippen LogP contribution in [0.1, 0.15) is 0 Å². The van der Waals surface area contributed by atoms with Gasteiger partial charge in [0.15, 0.2) is 0 Å². The molecule has 0 N–H and O–H groups in total. The lowest BCUT2D eigenvalue weighted by Gasteiger charge is -2.13. The molecule has 0 aliphatic heterocycles. The Bertz CT molecular complexity index is 3490. The van der Waals surface area contributed by atoms with Gasteiger partial charge in [0.05, 0.1) is 33.1 Å². The smallest absolute Gasteiger partial charge is 0.0641 e. The second kappa shape index (κ2) is 11.6. The summed E-state index contributed by atoms with van der Waals surface area (Å²) >= 11 is 0. The van der Waals surface area contributed by atoms with Crippen molar-refractivity contribution in [3.8, 4) is 28.2 Å². The number of benzene rings is 9. The average molecular weight is 700 g/mol. The summed E-state index contributed by atoms with van der Waals surface area (Å²) in [5, 5.41) is 10.0. The zero-order valence-corrected chi connectivity index (χ0v) is 29.9. The lowest BCUT2D eigenvalue weighted by Crippen LogP contribution is -1.96. The number of hydrogen-bond donors (Lipinski definition) is 0. The summed E-state index contributed by atoms with van der Waals surface area (Å²) in [7, 11) is 0. The molecular weight excluding hydrogens is 667 g/mol. The summed E-state index contributed by atoms with van der Waals surface area (Å²) in [5.74, 6) is 0. The second-order valence-electron chi connectivity index (χ2n) is 14.5. The number of para-hydroxylation sites is 4. The van der Waals surface area contributed by atoms with Crippen molar-refractivity contribution >= 4 is 76.2 Å². The Kier molecular flexibility index (Phi) is 6.34. The molecule has 0 saturated heterocycles. The van der Waals surface area contributed by atoms with Gasteiger partial charge < -0.3 is 13.7 Å².